The Labute approximate surface area is 157 Å². The van der Waals surface area contributed by atoms with E-state index < -0.39 is 0 Å². The molecular weight excluding hydrogens is 324 g/mol. The molecule has 2 heteroatoms. The van der Waals surface area contributed by atoms with Crippen molar-refractivity contribution in [2.75, 3.05) is 0 Å². The molecule has 5 rings (SSSR count). The lowest BCUT2D eigenvalue weighted by molar-refractivity contribution is -0.114. The van der Waals surface area contributed by atoms with Crippen LogP contribution in [0.25, 0.3) is 0 Å². The maximum atomic E-state index is 12.0. The second-order valence-corrected chi connectivity index (χ2v) is 11.2. The van der Waals surface area contributed by atoms with Crippen LogP contribution in [-0.2, 0) is 16.0 Å². The molecule has 4 bridgehead atoms. The standard InChI is InChI=1S/C23H32OS/c1-22(2,3)20-6-4-16(5-7-20)15-25-21(14-24)23-11-17-8-18(12-23)10-19(9-17)13-23/h4-7,14,17-19,21H,8-13,15H2,1-3H3. The van der Waals surface area contributed by atoms with E-state index in [2.05, 4.69) is 45.0 Å². The quantitative estimate of drug-likeness (QED) is 0.602. The van der Waals surface area contributed by atoms with E-state index in [1.54, 1.807) is 0 Å². The van der Waals surface area contributed by atoms with Gasteiger partial charge in [-0.15, -0.1) is 11.8 Å². The van der Waals surface area contributed by atoms with Gasteiger partial charge in [-0.3, -0.25) is 0 Å². The Morgan fingerprint density at radius 3 is 2.00 bits per heavy atom. The Bertz CT molecular complexity index is 589. The highest BCUT2D eigenvalue weighted by atomic mass is 32.2. The molecule has 0 saturated heterocycles. The third-order valence-electron chi connectivity index (χ3n) is 7.06. The maximum absolute atomic E-state index is 12.0. The van der Waals surface area contributed by atoms with Gasteiger partial charge in [0.05, 0.1) is 5.25 Å². The maximum Gasteiger partial charge on any atom is 0.133 e. The summed E-state index contributed by atoms with van der Waals surface area (Å²) in [5.74, 6) is 3.72. The van der Waals surface area contributed by atoms with Gasteiger partial charge < -0.3 is 4.79 Å². The first kappa shape index (κ1) is 17.6. The molecule has 1 nitrogen and oxygen atoms in total. The Morgan fingerprint density at radius 2 is 1.56 bits per heavy atom. The van der Waals surface area contributed by atoms with Crippen LogP contribution in [0.4, 0.5) is 0 Å². The number of carbonyl (C=O) groups is 1. The topological polar surface area (TPSA) is 17.1 Å². The molecule has 0 aliphatic heterocycles. The molecule has 1 atom stereocenters. The van der Waals surface area contributed by atoms with Crippen LogP contribution >= 0.6 is 11.8 Å². The fourth-order valence-electron chi connectivity index (χ4n) is 6.17. The fraction of sp³-hybridized carbons (Fsp3) is 0.696. The minimum absolute atomic E-state index is 0.197. The third-order valence-corrected chi connectivity index (χ3v) is 8.53. The molecule has 0 heterocycles. The number of thioether (sulfide) groups is 1. The highest BCUT2D eigenvalue weighted by Gasteiger charge is 2.54. The van der Waals surface area contributed by atoms with Crippen molar-refractivity contribution in [1.29, 1.82) is 0 Å². The molecule has 25 heavy (non-hydrogen) atoms. The monoisotopic (exact) mass is 356 g/mol. The molecule has 0 amide bonds. The normalized spacial score (nSPS) is 34.9. The largest absolute Gasteiger partial charge is 0.302 e. The van der Waals surface area contributed by atoms with E-state index in [1.807, 2.05) is 11.8 Å². The second-order valence-electron chi connectivity index (χ2n) is 10.1. The molecule has 4 saturated carbocycles. The summed E-state index contributed by atoms with van der Waals surface area (Å²) in [6.07, 6.45) is 9.59. The van der Waals surface area contributed by atoms with Gasteiger partial charge in [0.15, 0.2) is 0 Å². The van der Waals surface area contributed by atoms with Crippen LogP contribution in [0.15, 0.2) is 24.3 Å². The molecular formula is C23H32OS. The van der Waals surface area contributed by atoms with Crippen molar-refractivity contribution < 1.29 is 4.79 Å². The molecule has 0 N–H and O–H groups in total. The first-order valence-electron chi connectivity index (χ1n) is 10.0. The highest BCUT2D eigenvalue weighted by molar-refractivity contribution is 7.99. The Morgan fingerprint density at radius 1 is 1.04 bits per heavy atom. The average molecular weight is 357 g/mol. The second kappa shape index (κ2) is 6.44. The molecule has 1 aromatic rings. The summed E-state index contributed by atoms with van der Waals surface area (Å²) in [4.78, 5) is 12.0. The Balaban J connectivity index is 1.44. The van der Waals surface area contributed by atoms with Crippen LogP contribution in [0.3, 0.4) is 0 Å². The lowest BCUT2D eigenvalue weighted by atomic mass is 9.49. The zero-order valence-electron chi connectivity index (χ0n) is 16.0. The number of carbonyl (C=O) groups excluding carboxylic acids is 1. The highest BCUT2D eigenvalue weighted by Crippen LogP contribution is 2.62. The lowest BCUT2D eigenvalue weighted by Gasteiger charge is -2.58. The van der Waals surface area contributed by atoms with Crippen LogP contribution in [0.2, 0.25) is 0 Å². The van der Waals surface area contributed by atoms with Crippen molar-refractivity contribution in [3.8, 4) is 0 Å². The number of hydrogen-bond donors (Lipinski definition) is 0. The van der Waals surface area contributed by atoms with Crippen LogP contribution < -0.4 is 0 Å². The van der Waals surface area contributed by atoms with Crippen molar-refractivity contribution in [1.82, 2.24) is 0 Å². The van der Waals surface area contributed by atoms with Crippen molar-refractivity contribution in [3.63, 3.8) is 0 Å². The summed E-state index contributed by atoms with van der Waals surface area (Å²) >= 11 is 1.91. The summed E-state index contributed by atoms with van der Waals surface area (Å²) in [5.41, 5.74) is 3.27. The van der Waals surface area contributed by atoms with Crippen molar-refractivity contribution in [2.24, 2.45) is 23.2 Å². The summed E-state index contributed by atoms with van der Waals surface area (Å²) in [7, 11) is 0. The predicted octanol–water partition coefficient (Wildman–Crippen LogP) is 6.00. The van der Waals surface area contributed by atoms with E-state index in [1.165, 1.54) is 55.9 Å². The first-order chi connectivity index (χ1) is 11.9. The molecule has 0 aromatic heterocycles. The fourth-order valence-corrected chi connectivity index (χ4v) is 7.46. The van der Waals surface area contributed by atoms with Gasteiger partial charge in [0.25, 0.3) is 0 Å². The van der Waals surface area contributed by atoms with E-state index in [4.69, 9.17) is 0 Å². The Kier molecular flexibility index (Phi) is 4.55. The average Bonchev–Trinajstić information content (AvgIpc) is 2.53. The molecule has 1 unspecified atom stereocenters. The zero-order valence-corrected chi connectivity index (χ0v) is 16.8. The number of benzene rings is 1. The van der Waals surface area contributed by atoms with E-state index in [0.29, 0.717) is 5.41 Å². The van der Waals surface area contributed by atoms with E-state index in [9.17, 15) is 4.79 Å². The van der Waals surface area contributed by atoms with Gasteiger partial charge in [-0.1, -0.05) is 45.0 Å². The van der Waals surface area contributed by atoms with Gasteiger partial charge in [0.1, 0.15) is 6.29 Å². The van der Waals surface area contributed by atoms with Crippen molar-refractivity contribution >= 4 is 18.0 Å². The van der Waals surface area contributed by atoms with E-state index in [-0.39, 0.29) is 10.7 Å². The molecule has 136 valence electrons. The van der Waals surface area contributed by atoms with Crippen LogP contribution in [0.1, 0.15) is 70.4 Å². The number of aldehydes is 1. The van der Waals surface area contributed by atoms with Gasteiger partial charge in [-0.05, 0) is 78.2 Å². The molecule has 1 aromatic carbocycles. The van der Waals surface area contributed by atoms with E-state index in [0.717, 1.165) is 23.5 Å². The van der Waals surface area contributed by atoms with Crippen LogP contribution in [0, 0.1) is 23.2 Å². The summed E-state index contributed by atoms with van der Waals surface area (Å²) in [6.45, 7) is 6.77. The predicted molar refractivity (Wildman–Crippen MR) is 107 cm³/mol. The van der Waals surface area contributed by atoms with Gasteiger partial charge in [-0.25, -0.2) is 0 Å². The lowest BCUT2D eigenvalue weighted by Crippen LogP contribution is -2.51. The molecule has 0 radical (unpaired) electrons. The van der Waals surface area contributed by atoms with Gasteiger partial charge in [-0.2, -0.15) is 0 Å². The number of hydrogen-bond acceptors (Lipinski definition) is 2. The number of rotatable bonds is 5. The minimum atomic E-state index is 0.197. The summed E-state index contributed by atoms with van der Waals surface area (Å²) < 4.78 is 0. The summed E-state index contributed by atoms with van der Waals surface area (Å²) in [6, 6.07) is 9.04. The van der Waals surface area contributed by atoms with Crippen LogP contribution in [0.5, 0.6) is 0 Å². The summed E-state index contributed by atoms with van der Waals surface area (Å²) in [5, 5.41) is 0.197. The van der Waals surface area contributed by atoms with Crippen molar-refractivity contribution in [3.05, 3.63) is 35.4 Å². The van der Waals surface area contributed by atoms with Gasteiger partial charge >= 0.3 is 0 Å². The van der Waals surface area contributed by atoms with Gasteiger partial charge in [0.2, 0.25) is 0 Å². The molecule has 0 spiro atoms. The molecule has 4 aliphatic carbocycles. The molecule has 4 fully saturated rings. The zero-order chi connectivity index (χ0) is 17.7. The van der Waals surface area contributed by atoms with Gasteiger partial charge in [0, 0.05) is 5.75 Å². The van der Waals surface area contributed by atoms with Crippen molar-refractivity contribution in [2.45, 2.75) is 75.7 Å². The smallest absolute Gasteiger partial charge is 0.133 e. The Hall–Kier alpha value is -0.760. The van der Waals surface area contributed by atoms with Crippen LogP contribution in [-0.4, -0.2) is 11.5 Å². The third kappa shape index (κ3) is 3.44. The van der Waals surface area contributed by atoms with E-state index >= 15 is 0 Å². The molecule has 4 aliphatic rings. The first-order valence-corrected chi connectivity index (χ1v) is 11.1. The SMILES string of the molecule is CC(C)(C)c1ccc(CSC(C=O)C23CC4CC(CC(C4)C2)C3)cc1. The minimum Gasteiger partial charge on any atom is -0.302 e.